The van der Waals surface area contributed by atoms with Gasteiger partial charge in [-0.2, -0.15) is 0 Å². The first-order valence-electron chi connectivity index (χ1n) is 3.74. The van der Waals surface area contributed by atoms with Crippen molar-refractivity contribution in [1.82, 2.24) is 4.98 Å². The summed E-state index contributed by atoms with van der Waals surface area (Å²) in [6, 6.07) is -1.10. The van der Waals surface area contributed by atoms with Crippen molar-refractivity contribution in [3.8, 4) is 0 Å². The van der Waals surface area contributed by atoms with Gasteiger partial charge in [-0.1, -0.05) is 0 Å². The lowest BCUT2D eigenvalue weighted by Gasteiger charge is -2.10. The minimum atomic E-state index is -1.10. The first kappa shape index (κ1) is 11.6. The summed E-state index contributed by atoms with van der Waals surface area (Å²) >= 11 is 6.55. The number of hydrogen-bond donors (Lipinski definition) is 2. The molecule has 0 bridgehead atoms. The number of aliphatic carboxylic acids is 1. The summed E-state index contributed by atoms with van der Waals surface area (Å²) in [5.74, 6) is -1.10. The second-order valence-corrected chi connectivity index (χ2v) is 4.39. The summed E-state index contributed by atoms with van der Waals surface area (Å²) in [4.78, 5) is 14.6. The number of aromatic nitrogens is 1. The van der Waals surface area contributed by atoms with Gasteiger partial charge in [0.05, 0.1) is 5.69 Å². The Morgan fingerprint density at radius 3 is 2.71 bits per heavy atom. The van der Waals surface area contributed by atoms with Gasteiger partial charge in [0.25, 0.3) is 0 Å². The summed E-state index contributed by atoms with van der Waals surface area (Å²) in [7, 11) is 0. The molecule has 3 N–H and O–H groups in total. The third-order valence-corrected chi connectivity index (χ3v) is 3.59. The number of nitrogens with zero attached hydrogens (tertiary/aromatic N) is 1. The van der Waals surface area contributed by atoms with E-state index in [-0.39, 0.29) is 0 Å². The van der Waals surface area contributed by atoms with Gasteiger partial charge < -0.3 is 10.8 Å². The Bertz CT molecular complexity index is 382. The summed E-state index contributed by atoms with van der Waals surface area (Å²) in [6.07, 6.45) is 1.54. The number of hydrogen-bond acceptors (Lipinski definition) is 3. The van der Waals surface area contributed by atoms with Crippen molar-refractivity contribution in [3.05, 3.63) is 26.4 Å². The molecule has 0 fully saturated rings. The lowest BCUT2D eigenvalue weighted by Crippen LogP contribution is -2.22. The topological polar surface area (TPSA) is 76.2 Å². The molecule has 14 heavy (non-hydrogen) atoms. The second kappa shape index (κ2) is 4.37. The van der Waals surface area contributed by atoms with Crippen LogP contribution in [0.15, 0.2) is 15.1 Å². The van der Waals surface area contributed by atoms with Crippen molar-refractivity contribution < 1.29 is 9.90 Å². The second-order valence-electron chi connectivity index (χ2n) is 2.75. The van der Waals surface area contributed by atoms with Gasteiger partial charge in [-0.15, -0.1) is 0 Å². The molecule has 0 aromatic carbocycles. The maximum absolute atomic E-state index is 10.7. The van der Waals surface area contributed by atoms with Crippen molar-refractivity contribution in [1.29, 1.82) is 0 Å². The van der Waals surface area contributed by atoms with Crippen molar-refractivity contribution in [2.75, 3.05) is 0 Å². The lowest BCUT2D eigenvalue weighted by atomic mass is 10.1. The van der Waals surface area contributed by atoms with Crippen LogP contribution in [0, 0.1) is 6.92 Å². The molecule has 76 valence electrons. The van der Waals surface area contributed by atoms with Gasteiger partial charge >= 0.3 is 5.97 Å². The number of carboxylic acids is 1. The third-order valence-electron chi connectivity index (χ3n) is 1.79. The normalized spacial score (nSPS) is 12.6. The van der Waals surface area contributed by atoms with Gasteiger partial charge in [0, 0.05) is 15.1 Å². The summed E-state index contributed by atoms with van der Waals surface area (Å²) < 4.78 is 1.44. The quantitative estimate of drug-likeness (QED) is 0.872. The summed E-state index contributed by atoms with van der Waals surface area (Å²) in [5, 5.41) is 8.72. The third kappa shape index (κ3) is 2.13. The van der Waals surface area contributed by atoms with E-state index in [0.717, 1.165) is 10.0 Å². The van der Waals surface area contributed by atoms with Crippen LogP contribution in [-0.4, -0.2) is 16.1 Å². The lowest BCUT2D eigenvalue weighted by molar-refractivity contribution is -0.138. The highest BCUT2D eigenvalue weighted by Crippen LogP contribution is 2.28. The van der Waals surface area contributed by atoms with E-state index in [4.69, 9.17) is 10.8 Å². The SMILES string of the molecule is Cc1c(Br)cnc([C@H](N)C(=O)O)c1Br. The van der Waals surface area contributed by atoms with Crippen molar-refractivity contribution in [3.63, 3.8) is 0 Å². The Balaban J connectivity index is 3.24. The summed E-state index contributed by atoms with van der Waals surface area (Å²) in [5.41, 5.74) is 6.66. The van der Waals surface area contributed by atoms with E-state index in [2.05, 4.69) is 36.8 Å². The number of carboxylic acid groups (broad SMARTS) is 1. The Hall–Kier alpha value is -0.460. The highest BCUT2D eigenvalue weighted by atomic mass is 79.9. The van der Waals surface area contributed by atoms with Gasteiger partial charge in [-0.25, -0.2) is 0 Å². The zero-order chi connectivity index (χ0) is 10.9. The van der Waals surface area contributed by atoms with Crippen molar-refractivity contribution >= 4 is 37.8 Å². The van der Waals surface area contributed by atoms with Crippen LogP contribution in [-0.2, 0) is 4.79 Å². The number of pyridine rings is 1. The van der Waals surface area contributed by atoms with E-state index in [9.17, 15) is 4.79 Å². The van der Waals surface area contributed by atoms with Crippen molar-refractivity contribution in [2.45, 2.75) is 13.0 Å². The van der Waals surface area contributed by atoms with Crippen LogP contribution in [0.4, 0.5) is 0 Å². The molecule has 0 saturated carbocycles. The fourth-order valence-electron chi connectivity index (χ4n) is 0.910. The molecule has 1 heterocycles. The molecule has 0 aliphatic rings. The zero-order valence-corrected chi connectivity index (χ0v) is 10.5. The van der Waals surface area contributed by atoms with E-state index in [1.54, 1.807) is 0 Å². The van der Waals surface area contributed by atoms with E-state index in [1.807, 2.05) is 6.92 Å². The van der Waals surface area contributed by atoms with Crippen LogP contribution in [0.2, 0.25) is 0 Å². The molecule has 0 radical (unpaired) electrons. The highest BCUT2D eigenvalue weighted by Gasteiger charge is 2.20. The van der Waals surface area contributed by atoms with Crippen LogP contribution in [0.5, 0.6) is 0 Å². The predicted octanol–water partition coefficient (Wildman–Crippen LogP) is 2.00. The Morgan fingerprint density at radius 1 is 1.64 bits per heavy atom. The number of nitrogens with two attached hydrogens (primary N) is 1. The van der Waals surface area contributed by atoms with Crippen LogP contribution in [0.25, 0.3) is 0 Å². The van der Waals surface area contributed by atoms with E-state index in [1.165, 1.54) is 6.20 Å². The largest absolute Gasteiger partial charge is 0.480 e. The van der Waals surface area contributed by atoms with Gasteiger partial charge in [0.1, 0.15) is 6.04 Å². The first-order chi connectivity index (χ1) is 6.45. The molecular weight excluding hydrogens is 316 g/mol. The monoisotopic (exact) mass is 322 g/mol. The maximum Gasteiger partial charge on any atom is 0.326 e. The molecule has 1 rings (SSSR count). The van der Waals surface area contributed by atoms with E-state index in [0.29, 0.717) is 10.2 Å². The Morgan fingerprint density at radius 2 is 2.21 bits per heavy atom. The van der Waals surface area contributed by atoms with Crippen molar-refractivity contribution in [2.24, 2.45) is 5.73 Å². The zero-order valence-electron chi connectivity index (χ0n) is 7.29. The fourth-order valence-corrected chi connectivity index (χ4v) is 2.04. The average Bonchev–Trinajstić information content (AvgIpc) is 2.13. The molecule has 4 nitrogen and oxygen atoms in total. The summed E-state index contributed by atoms with van der Waals surface area (Å²) in [6.45, 7) is 1.84. The molecule has 0 saturated heterocycles. The molecule has 1 aromatic heterocycles. The van der Waals surface area contributed by atoms with Gasteiger partial charge in [-0.3, -0.25) is 9.78 Å². The molecule has 1 aromatic rings. The molecule has 0 spiro atoms. The minimum Gasteiger partial charge on any atom is -0.480 e. The molecule has 0 amide bonds. The molecule has 0 aliphatic carbocycles. The predicted molar refractivity (Wildman–Crippen MR) is 58.9 cm³/mol. The van der Waals surface area contributed by atoms with Crippen LogP contribution >= 0.6 is 31.9 Å². The maximum atomic E-state index is 10.7. The molecule has 0 unspecified atom stereocenters. The average molecular weight is 324 g/mol. The van der Waals surface area contributed by atoms with Gasteiger partial charge in [-0.05, 0) is 44.3 Å². The molecule has 6 heteroatoms. The minimum absolute atomic E-state index is 0.332. The fraction of sp³-hybridized carbons (Fsp3) is 0.250. The Kier molecular flexibility index (Phi) is 3.63. The standard InChI is InChI=1S/C8H8Br2N2O2/c1-3-4(9)2-12-7(5(3)10)6(11)8(13)14/h2,6H,11H2,1H3,(H,13,14)/t6-/m0/s1. The Labute approximate surface area is 97.8 Å². The highest BCUT2D eigenvalue weighted by molar-refractivity contribution is 9.11. The number of rotatable bonds is 2. The van der Waals surface area contributed by atoms with Gasteiger partial charge in [0.2, 0.25) is 0 Å². The van der Waals surface area contributed by atoms with Crippen LogP contribution < -0.4 is 5.73 Å². The molecular formula is C8H8Br2N2O2. The number of halogens is 2. The van der Waals surface area contributed by atoms with Crippen LogP contribution in [0.3, 0.4) is 0 Å². The molecule has 0 aliphatic heterocycles. The number of carbonyl (C=O) groups is 1. The van der Waals surface area contributed by atoms with E-state index < -0.39 is 12.0 Å². The molecule has 1 atom stereocenters. The van der Waals surface area contributed by atoms with Crippen LogP contribution in [0.1, 0.15) is 17.3 Å². The smallest absolute Gasteiger partial charge is 0.326 e. The van der Waals surface area contributed by atoms with E-state index >= 15 is 0 Å². The van der Waals surface area contributed by atoms with Gasteiger partial charge in [0.15, 0.2) is 0 Å². The first-order valence-corrected chi connectivity index (χ1v) is 5.32.